The number of hydrogen-bond donors (Lipinski definition) is 1. The predicted octanol–water partition coefficient (Wildman–Crippen LogP) is 3.05. The number of ether oxygens (including phenoxy) is 1. The molecule has 2 aromatic rings. The molecule has 0 aliphatic carbocycles. The fourth-order valence-electron chi connectivity index (χ4n) is 1.85. The molecule has 1 aromatic carbocycles. The van der Waals surface area contributed by atoms with Gasteiger partial charge in [-0.15, -0.1) is 11.3 Å². The Labute approximate surface area is 119 Å². The van der Waals surface area contributed by atoms with Gasteiger partial charge in [0.2, 0.25) is 0 Å². The Morgan fingerprint density at radius 3 is 2.58 bits per heavy atom. The van der Waals surface area contributed by atoms with Gasteiger partial charge in [0, 0.05) is 16.4 Å². The summed E-state index contributed by atoms with van der Waals surface area (Å²) in [7, 11) is 0. The smallest absolute Gasteiger partial charge is 0.122 e. The van der Waals surface area contributed by atoms with Gasteiger partial charge in [0.1, 0.15) is 18.9 Å². The highest BCUT2D eigenvalue weighted by atomic mass is 32.1. The molecule has 0 fully saturated rings. The van der Waals surface area contributed by atoms with Crippen molar-refractivity contribution in [1.82, 2.24) is 0 Å². The molecular formula is C16H22NOS+. The van der Waals surface area contributed by atoms with Gasteiger partial charge in [-0.25, -0.2) is 0 Å². The van der Waals surface area contributed by atoms with Crippen LogP contribution in [-0.4, -0.2) is 6.54 Å². The highest BCUT2D eigenvalue weighted by Gasteiger charge is 2.00. The van der Waals surface area contributed by atoms with Crippen LogP contribution in [0.3, 0.4) is 0 Å². The first-order valence-corrected chi connectivity index (χ1v) is 7.68. The molecule has 3 heteroatoms. The Kier molecular flexibility index (Phi) is 5.43. The SMILES string of the molecule is CC(C)C[NH2+]Cc1ccc(OCc2cccs2)cc1. The summed E-state index contributed by atoms with van der Waals surface area (Å²) in [5.74, 6) is 1.69. The minimum Gasteiger partial charge on any atom is -0.488 e. The van der Waals surface area contributed by atoms with E-state index in [1.54, 1.807) is 11.3 Å². The fraction of sp³-hybridized carbons (Fsp3) is 0.375. The minimum absolute atomic E-state index is 0.663. The van der Waals surface area contributed by atoms with Crippen LogP contribution >= 0.6 is 11.3 Å². The zero-order valence-corrected chi connectivity index (χ0v) is 12.5. The Balaban J connectivity index is 1.77. The number of quaternary nitrogens is 1. The van der Waals surface area contributed by atoms with Gasteiger partial charge >= 0.3 is 0 Å². The highest BCUT2D eigenvalue weighted by Crippen LogP contribution is 2.16. The molecule has 0 saturated heterocycles. The van der Waals surface area contributed by atoms with E-state index in [0.29, 0.717) is 6.61 Å². The first kappa shape index (κ1) is 14.1. The lowest BCUT2D eigenvalue weighted by atomic mass is 10.2. The van der Waals surface area contributed by atoms with E-state index in [0.717, 1.165) is 18.2 Å². The van der Waals surface area contributed by atoms with E-state index in [2.05, 4.69) is 60.9 Å². The Morgan fingerprint density at radius 2 is 1.95 bits per heavy atom. The van der Waals surface area contributed by atoms with E-state index in [9.17, 15) is 0 Å². The molecular weight excluding hydrogens is 254 g/mol. The molecule has 0 spiro atoms. The molecule has 0 amide bonds. The summed E-state index contributed by atoms with van der Waals surface area (Å²) in [4.78, 5) is 1.26. The van der Waals surface area contributed by atoms with Gasteiger partial charge in [-0.05, 0) is 35.7 Å². The largest absolute Gasteiger partial charge is 0.488 e. The van der Waals surface area contributed by atoms with E-state index < -0.39 is 0 Å². The van der Waals surface area contributed by atoms with Crippen molar-refractivity contribution in [3.63, 3.8) is 0 Å². The summed E-state index contributed by atoms with van der Waals surface area (Å²) >= 11 is 1.73. The summed E-state index contributed by atoms with van der Waals surface area (Å²) in [5.41, 5.74) is 1.35. The van der Waals surface area contributed by atoms with E-state index in [1.807, 2.05) is 0 Å². The van der Waals surface area contributed by atoms with Crippen LogP contribution < -0.4 is 10.1 Å². The van der Waals surface area contributed by atoms with Crippen LogP contribution in [-0.2, 0) is 13.2 Å². The minimum atomic E-state index is 0.663. The second-order valence-corrected chi connectivity index (χ2v) is 6.17. The van der Waals surface area contributed by atoms with Gasteiger partial charge < -0.3 is 10.1 Å². The maximum absolute atomic E-state index is 5.75. The third-order valence-corrected chi connectivity index (χ3v) is 3.75. The van der Waals surface area contributed by atoms with Gasteiger partial charge in [0.05, 0.1) is 6.54 Å². The number of thiophene rings is 1. The zero-order chi connectivity index (χ0) is 13.5. The van der Waals surface area contributed by atoms with Crippen molar-refractivity contribution in [2.24, 2.45) is 5.92 Å². The van der Waals surface area contributed by atoms with E-state index in [4.69, 9.17) is 4.74 Å². The maximum Gasteiger partial charge on any atom is 0.122 e. The van der Waals surface area contributed by atoms with Crippen molar-refractivity contribution in [3.8, 4) is 5.75 Å². The monoisotopic (exact) mass is 276 g/mol. The number of rotatable bonds is 7. The van der Waals surface area contributed by atoms with Crippen LogP contribution in [0.1, 0.15) is 24.3 Å². The average Bonchev–Trinajstić information content (AvgIpc) is 2.90. The van der Waals surface area contributed by atoms with Crippen LogP contribution in [0, 0.1) is 5.92 Å². The lowest BCUT2D eigenvalue weighted by Gasteiger charge is -2.07. The average molecular weight is 276 g/mol. The van der Waals surface area contributed by atoms with Gasteiger partial charge in [-0.1, -0.05) is 19.9 Å². The van der Waals surface area contributed by atoms with Crippen molar-refractivity contribution in [1.29, 1.82) is 0 Å². The van der Waals surface area contributed by atoms with E-state index in [-0.39, 0.29) is 0 Å². The zero-order valence-electron chi connectivity index (χ0n) is 11.6. The normalized spacial score (nSPS) is 10.9. The molecule has 0 aliphatic heterocycles. The van der Waals surface area contributed by atoms with Gasteiger partial charge in [-0.3, -0.25) is 0 Å². The predicted molar refractivity (Wildman–Crippen MR) is 80.4 cm³/mol. The molecule has 1 aromatic heterocycles. The third-order valence-electron chi connectivity index (χ3n) is 2.90. The Hall–Kier alpha value is -1.32. The number of nitrogens with two attached hydrogens (primary N) is 1. The Bertz CT molecular complexity index is 462. The molecule has 0 aliphatic rings. The molecule has 2 rings (SSSR count). The molecule has 2 nitrogen and oxygen atoms in total. The van der Waals surface area contributed by atoms with Crippen LogP contribution in [0.5, 0.6) is 5.75 Å². The molecule has 102 valence electrons. The molecule has 0 saturated carbocycles. The summed E-state index contributed by atoms with van der Waals surface area (Å²) in [5, 5.41) is 4.43. The quantitative estimate of drug-likeness (QED) is 0.826. The standard InChI is InChI=1S/C16H21NOS/c1-13(2)10-17-11-14-5-7-15(8-6-14)18-12-16-4-3-9-19-16/h3-9,13,17H,10-12H2,1-2H3/p+1. The molecule has 19 heavy (non-hydrogen) atoms. The topological polar surface area (TPSA) is 25.8 Å². The third kappa shape index (κ3) is 5.05. The first-order chi connectivity index (χ1) is 9.24. The molecule has 0 unspecified atom stereocenters. The highest BCUT2D eigenvalue weighted by molar-refractivity contribution is 7.09. The number of hydrogen-bond acceptors (Lipinski definition) is 2. The van der Waals surface area contributed by atoms with Crippen LogP contribution in [0.4, 0.5) is 0 Å². The summed E-state index contributed by atoms with van der Waals surface area (Å²) in [6, 6.07) is 12.6. The van der Waals surface area contributed by atoms with Crippen molar-refractivity contribution in [3.05, 3.63) is 52.2 Å². The van der Waals surface area contributed by atoms with Crippen LogP contribution in [0.15, 0.2) is 41.8 Å². The van der Waals surface area contributed by atoms with Gasteiger partial charge in [0.15, 0.2) is 0 Å². The summed E-state index contributed by atoms with van der Waals surface area (Å²) < 4.78 is 5.75. The lowest BCUT2D eigenvalue weighted by Crippen LogP contribution is -2.83. The molecule has 0 bridgehead atoms. The molecule has 0 atom stereocenters. The molecule has 1 heterocycles. The molecule has 0 radical (unpaired) electrons. The second-order valence-electron chi connectivity index (χ2n) is 5.13. The van der Waals surface area contributed by atoms with E-state index in [1.165, 1.54) is 17.0 Å². The number of benzene rings is 1. The van der Waals surface area contributed by atoms with Crippen LogP contribution in [0.25, 0.3) is 0 Å². The summed E-state index contributed by atoms with van der Waals surface area (Å²) in [6.07, 6.45) is 0. The Morgan fingerprint density at radius 1 is 1.16 bits per heavy atom. The first-order valence-electron chi connectivity index (χ1n) is 6.80. The van der Waals surface area contributed by atoms with Crippen molar-refractivity contribution in [2.75, 3.05) is 6.54 Å². The fourth-order valence-corrected chi connectivity index (χ4v) is 2.47. The molecule has 2 N–H and O–H groups in total. The van der Waals surface area contributed by atoms with Crippen molar-refractivity contribution < 1.29 is 10.1 Å². The van der Waals surface area contributed by atoms with E-state index >= 15 is 0 Å². The van der Waals surface area contributed by atoms with Crippen molar-refractivity contribution in [2.45, 2.75) is 27.0 Å². The van der Waals surface area contributed by atoms with Gasteiger partial charge in [-0.2, -0.15) is 0 Å². The maximum atomic E-state index is 5.75. The van der Waals surface area contributed by atoms with Gasteiger partial charge in [0.25, 0.3) is 0 Å². The van der Waals surface area contributed by atoms with Crippen molar-refractivity contribution >= 4 is 11.3 Å². The summed E-state index contributed by atoms with van der Waals surface area (Å²) in [6.45, 7) is 7.38. The lowest BCUT2D eigenvalue weighted by molar-refractivity contribution is -0.675. The second kappa shape index (κ2) is 7.31. The van der Waals surface area contributed by atoms with Crippen LogP contribution in [0.2, 0.25) is 0 Å².